The average Bonchev–Trinajstić information content (AvgIpc) is 2.21. The van der Waals surface area contributed by atoms with Crippen molar-refractivity contribution in [2.45, 2.75) is 33.4 Å². The van der Waals surface area contributed by atoms with Gasteiger partial charge >= 0.3 is 0 Å². The molecule has 0 amide bonds. The molecule has 0 unspecified atom stereocenters. The molecule has 1 aliphatic heterocycles. The van der Waals surface area contributed by atoms with Crippen molar-refractivity contribution >= 4 is 8.32 Å². The molecule has 0 spiro atoms. The SMILES string of the molecule is CCCN1CCN(C[Si](C)(C)OCC)CC1. The van der Waals surface area contributed by atoms with Crippen LogP contribution in [0.1, 0.15) is 20.3 Å². The van der Waals surface area contributed by atoms with Gasteiger partial charge in [-0.15, -0.1) is 0 Å². The molecule has 0 bridgehead atoms. The molecule has 4 heteroatoms. The quantitative estimate of drug-likeness (QED) is 0.663. The van der Waals surface area contributed by atoms with E-state index in [-0.39, 0.29) is 0 Å². The van der Waals surface area contributed by atoms with Crippen LogP contribution in [-0.2, 0) is 4.43 Å². The number of nitrogens with zero attached hydrogens (tertiary/aromatic N) is 2. The van der Waals surface area contributed by atoms with Crippen LogP contribution in [0.2, 0.25) is 13.1 Å². The summed E-state index contributed by atoms with van der Waals surface area (Å²) in [5, 5.41) is 0. The van der Waals surface area contributed by atoms with E-state index in [1.165, 1.54) is 45.3 Å². The van der Waals surface area contributed by atoms with Gasteiger partial charge in [0.2, 0.25) is 0 Å². The summed E-state index contributed by atoms with van der Waals surface area (Å²) < 4.78 is 5.89. The topological polar surface area (TPSA) is 15.7 Å². The molecule has 96 valence electrons. The van der Waals surface area contributed by atoms with Crippen molar-refractivity contribution in [3.05, 3.63) is 0 Å². The monoisotopic (exact) mass is 244 g/mol. The van der Waals surface area contributed by atoms with Crippen molar-refractivity contribution in [3.63, 3.8) is 0 Å². The van der Waals surface area contributed by atoms with E-state index in [1.807, 2.05) is 0 Å². The van der Waals surface area contributed by atoms with Crippen molar-refractivity contribution in [2.75, 3.05) is 45.5 Å². The first-order valence-electron chi connectivity index (χ1n) is 6.66. The van der Waals surface area contributed by atoms with Gasteiger partial charge in [-0.2, -0.15) is 0 Å². The van der Waals surface area contributed by atoms with Gasteiger partial charge < -0.3 is 14.2 Å². The smallest absolute Gasteiger partial charge is 0.200 e. The molecule has 16 heavy (non-hydrogen) atoms. The molecule has 1 heterocycles. The summed E-state index contributed by atoms with van der Waals surface area (Å²) in [5.41, 5.74) is 0. The summed E-state index contributed by atoms with van der Waals surface area (Å²) >= 11 is 0. The molecule has 3 nitrogen and oxygen atoms in total. The highest BCUT2D eigenvalue weighted by Crippen LogP contribution is 2.10. The first kappa shape index (κ1) is 14.2. The van der Waals surface area contributed by atoms with Crippen molar-refractivity contribution in [2.24, 2.45) is 0 Å². The maximum atomic E-state index is 5.89. The Morgan fingerprint density at radius 2 is 1.56 bits per heavy atom. The molecular weight excluding hydrogens is 216 g/mol. The third-order valence-corrected chi connectivity index (χ3v) is 5.42. The Labute approximate surface area is 102 Å². The predicted molar refractivity (Wildman–Crippen MR) is 72.3 cm³/mol. The molecule has 0 aliphatic carbocycles. The van der Waals surface area contributed by atoms with Gasteiger partial charge in [0.05, 0.1) is 0 Å². The number of hydrogen-bond donors (Lipinski definition) is 0. The highest BCUT2D eigenvalue weighted by molar-refractivity contribution is 6.71. The van der Waals surface area contributed by atoms with E-state index in [1.54, 1.807) is 0 Å². The fraction of sp³-hybridized carbons (Fsp3) is 1.00. The van der Waals surface area contributed by atoms with Crippen LogP contribution in [0.15, 0.2) is 0 Å². The minimum absolute atomic E-state index is 0.870. The van der Waals surface area contributed by atoms with Gasteiger partial charge in [-0.05, 0) is 33.0 Å². The van der Waals surface area contributed by atoms with E-state index in [0.29, 0.717) is 0 Å². The molecule has 0 aromatic carbocycles. The summed E-state index contributed by atoms with van der Waals surface area (Å²) in [5.74, 6) is 0. The van der Waals surface area contributed by atoms with Gasteiger partial charge in [0.25, 0.3) is 0 Å². The Kier molecular flexibility index (Phi) is 5.96. The minimum atomic E-state index is -1.42. The third kappa shape index (κ3) is 4.95. The lowest BCUT2D eigenvalue weighted by atomic mass is 10.3. The summed E-state index contributed by atoms with van der Waals surface area (Å²) in [6, 6.07) is 0. The van der Waals surface area contributed by atoms with Gasteiger partial charge in [0, 0.05) is 39.0 Å². The lowest BCUT2D eigenvalue weighted by molar-refractivity contribution is 0.140. The van der Waals surface area contributed by atoms with Crippen LogP contribution in [0, 0.1) is 0 Å². The largest absolute Gasteiger partial charge is 0.416 e. The summed E-state index contributed by atoms with van der Waals surface area (Å²) in [4.78, 5) is 5.17. The Morgan fingerprint density at radius 3 is 2.06 bits per heavy atom. The zero-order valence-corrected chi connectivity index (χ0v) is 12.5. The molecule has 1 fully saturated rings. The molecule has 0 N–H and O–H groups in total. The lowest BCUT2D eigenvalue weighted by Gasteiger charge is -2.37. The molecule has 1 saturated heterocycles. The maximum absolute atomic E-state index is 5.89. The highest BCUT2D eigenvalue weighted by Gasteiger charge is 2.27. The summed E-state index contributed by atoms with van der Waals surface area (Å²) in [6.45, 7) is 16.1. The van der Waals surface area contributed by atoms with E-state index in [4.69, 9.17) is 4.43 Å². The predicted octanol–water partition coefficient (Wildman–Crippen LogP) is 1.79. The van der Waals surface area contributed by atoms with Crippen LogP contribution in [0.25, 0.3) is 0 Å². The molecule has 1 rings (SSSR count). The van der Waals surface area contributed by atoms with Gasteiger partial charge in [-0.3, -0.25) is 0 Å². The second-order valence-corrected chi connectivity index (χ2v) is 9.43. The van der Waals surface area contributed by atoms with Crippen LogP contribution >= 0.6 is 0 Å². The summed E-state index contributed by atoms with van der Waals surface area (Å²) in [7, 11) is -1.42. The fourth-order valence-corrected chi connectivity index (χ4v) is 4.73. The Bertz CT molecular complexity index is 191. The van der Waals surface area contributed by atoms with E-state index in [2.05, 4.69) is 36.7 Å². The normalized spacial score (nSPS) is 20.2. The van der Waals surface area contributed by atoms with Crippen LogP contribution < -0.4 is 0 Å². The molecule has 0 aromatic rings. The first-order chi connectivity index (χ1) is 7.57. The van der Waals surface area contributed by atoms with Gasteiger partial charge in [-0.25, -0.2) is 0 Å². The summed E-state index contributed by atoms with van der Waals surface area (Å²) in [6.07, 6.45) is 2.47. The van der Waals surface area contributed by atoms with Crippen molar-refractivity contribution in [3.8, 4) is 0 Å². The standard InChI is InChI=1S/C12H28N2OSi/c1-5-7-13-8-10-14(11-9-13)12-16(3,4)15-6-2/h5-12H2,1-4H3. The third-order valence-electron chi connectivity index (χ3n) is 3.14. The molecule has 0 atom stereocenters. The number of piperazine rings is 1. The second-order valence-electron chi connectivity index (χ2n) is 5.31. The second kappa shape index (κ2) is 6.74. The van der Waals surface area contributed by atoms with Crippen molar-refractivity contribution in [1.29, 1.82) is 0 Å². The fourth-order valence-electron chi connectivity index (χ4n) is 2.46. The highest BCUT2D eigenvalue weighted by atomic mass is 28.4. The van der Waals surface area contributed by atoms with Crippen molar-refractivity contribution in [1.82, 2.24) is 9.80 Å². The molecule has 0 radical (unpaired) electrons. The van der Waals surface area contributed by atoms with Crippen molar-refractivity contribution < 1.29 is 4.43 Å². The van der Waals surface area contributed by atoms with Gasteiger partial charge in [0.15, 0.2) is 8.32 Å². The zero-order valence-electron chi connectivity index (χ0n) is 11.5. The van der Waals surface area contributed by atoms with E-state index >= 15 is 0 Å². The first-order valence-corrected chi connectivity index (χ1v) is 9.77. The zero-order chi connectivity index (χ0) is 12.0. The molecule has 1 aliphatic rings. The lowest BCUT2D eigenvalue weighted by Crippen LogP contribution is -2.53. The number of hydrogen-bond acceptors (Lipinski definition) is 3. The Morgan fingerprint density at radius 1 is 1.00 bits per heavy atom. The maximum Gasteiger partial charge on any atom is 0.200 e. The van der Waals surface area contributed by atoms with E-state index in [9.17, 15) is 0 Å². The minimum Gasteiger partial charge on any atom is -0.416 e. The van der Waals surface area contributed by atoms with Crippen LogP contribution in [0.5, 0.6) is 0 Å². The van der Waals surface area contributed by atoms with Gasteiger partial charge in [0.1, 0.15) is 0 Å². The molecule has 0 aromatic heterocycles. The van der Waals surface area contributed by atoms with Crippen LogP contribution in [0.4, 0.5) is 0 Å². The van der Waals surface area contributed by atoms with Crippen LogP contribution in [-0.4, -0.2) is 63.6 Å². The molecule has 0 saturated carbocycles. The van der Waals surface area contributed by atoms with Crippen LogP contribution in [0.3, 0.4) is 0 Å². The van der Waals surface area contributed by atoms with Gasteiger partial charge in [-0.1, -0.05) is 6.92 Å². The Balaban J connectivity index is 2.26. The number of rotatable bonds is 6. The molecular formula is C12H28N2OSi. The van der Waals surface area contributed by atoms with E-state index in [0.717, 1.165) is 6.61 Å². The Hall–Kier alpha value is 0.0969. The average molecular weight is 244 g/mol. The van der Waals surface area contributed by atoms with E-state index < -0.39 is 8.32 Å².